The Balaban J connectivity index is 0.000000213. The number of pyridine rings is 2. The van der Waals surface area contributed by atoms with Crippen molar-refractivity contribution in [3.05, 3.63) is 78.4 Å². The van der Waals surface area contributed by atoms with Gasteiger partial charge in [0.05, 0.1) is 0 Å². The summed E-state index contributed by atoms with van der Waals surface area (Å²) in [7, 11) is 0. The summed E-state index contributed by atoms with van der Waals surface area (Å²) in [4.78, 5) is 11.5. The molecule has 0 N–H and O–H groups in total. The van der Waals surface area contributed by atoms with Gasteiger partial charge in [0.25, 0.3) is 0 Å². The van der Waals surface area contributed by atoms with E-state index < -0.39 is 23.6 Å². The van der Waals surface area contributed by atoms with Crippen molar-refractivity contribution in [2.75, 3.05) is 0 Å². The second kappa shape index (κ2) is 9.91. The number of alkyl halides is 6. The Morgan fingerprint density at radius 1 is 0.710 bits per heavy atom. The van der Waals surface area contributed by atoms with Crippen LogP contribution in [0.15, 0.2) is 67.1 Å². The number of aromatic nitrogens is 5. The van der Waals surface area contributed by atoms with Crippen LogP contribution in [0.25, 0.3) is 22.8 Å². The van der Waals surface area contributed by atoms with Crippen molar-refractivity contribution < 1.29 is 47.4 Å². The van der Waals surface area contributed by atoms with Crippen LogP contribution < -0.4 is 10.1 Å². The van der Waals surface area contributed by atoms with E-state index >= 15 is 0 Å². The summed E-state index contributed by atoms with van der Waals surface area (Å²) in [6.45, 7) is 0. The first-order valence-corrected chi connectivity index (χ1v) is 8.25. The predicted octanol–water partition coefficient (Wildman–Crippen LogP) is 4.84. The molecule has 0 aliphatic carbocycles. The van der Waals surface area contributed by atoms with Crippen LogP contribution in [0.3, 0.4) is 0 Å². The van der Waals surface area contributed by atoms with Gasteiger partial charge in [0.15, 0.2) is 0 Å². The zero-order valence-electron chi connectivity index (χ0n) is 15.2. The quantitative estimate of drug-likeness (QED) is 0.301. The zero-order valence-corrected chi connectivity index (χ0v) is 17.4. The van der Waals surface area contributed by atoms with Crippen LogP contribution in [0, 0.1) is 0 Å². The molecule has 4 rings (SSSR count). The third-order valence-electron chi connectivity index (χ3n) is 3.65. The third-order valence-corrected chi connectivity index (χ3v) is 3.65. The number of nitrogens with zero attached hydrogens (tertiary/aromatic N) is 5. The molecule has 0 aromatic carbocycles. The molecule has 0 radical (unpaired) electrons. The summed E-state index contributed by atoms with van der Waals surface area (Å²) in [5.41, 5.74) is -0.564. The van der Waals surface area contributed by atoms with Crippen LogP contribution in [0.5, 0.6) is 0 Å². The monoisotopic (exact) mass is 618 g/mol. The summed E-state index contributed by atoms with van der Waals surface area (Å²) in [6, 6.07) is 11.8. The van der Waals surface area contributed by atoms with Crippen molar-refractivity contribution in [2.24, 2.45) is 0 Å². The van der Waals surface area contributed by atoms with E-state index in [0.717, 1.165) is 18.3 Å². The summed E-state index contributed by atoms with van der Waals surface area (Å²) in [5.74, 6) is 0. The van der Waals surface area contributed by atoms with E-state index in [4.69, 9.17) is 0 Å². The molecule has 12 heteroatoms. The Labute approximate surface area is 186 Å². The van der Waals surface area contributed by atoms with Crippen LogP contribution in [0.1, 0.15) is 11.3 Å². The molecule has 0 saturated carbocycles. The fourth-order valence-corrected chi connectivity index (χ4v) is 2.24. The molecular weight excluding hydrogens is 607 g/mol. The van der Waals surface area contributed by atoms with Gasteiger partial charge in [0, 0.05) is 29.3 Å². The first-order chi connectivity index (χ1) is 14.1. The average molecular weight is 618 g/mol. The maximum absolute atomic E-state index is 12.3. The van der Waals surface area contributed by atoms with E-state index in [9.17, 15) is 26.3 Å². The van der Waals surface area contributed by atoms with Gasteiger partial charge in [-0.25, -0.2) is 0 Å². The van der Waals surface area contributed by atoms with Crippen LogP contribution in [-0.4, -0.2) is 15.1 Å². The number of hydrogen-bond acceptors (Lipinski definition) is 3. The van der Waals surface area contributed by atoms with E-state index in [0.29, 0.717) is 11.4 Å². The molecule has 0 aliphatic rings. The van der Waals surface area contributed by atoms with Crippen LogP contribution >= 0.6 is 0 Å². The van der Waals surface area contributed by atoms with Crippen molar-refractivity contribution in [3.8, 4) is 22.8 Å². The molecule has 0 aliphatic heterocycles. The maximum Gasteiger partial charge on any atom is 2.00 e. The van der Waals surface area contributed by atoms with Gasteiger partial charge in [0.1, 0.15) is 5.69 Å². The molecule has 31 heavy (non-hydrogen) atoms. The molecule has 0 atom stereocenters. The summed E-state index contributed by atoms with van der Waals surface area (Å²) in [5, 5.41) is 6.47. The number of halogens is 6. The van der Waals surface area contributed by atoms with Crippen molar-refractivity contribution in [3.63, 3.8) is 0 Å². The largest absolute Gasteiger partial charge is 2.00 e. The second-order valence-electron chi connectivity index (χ2n) is 5.78. The SMILES string of the molecule is FC(F)(F)c1c[n-]c(-c2ccccn2)c1.FC(F)(F)c1cc(-c2ccccn2)[n-]n1.[Pt+2]. The molecule has 164 valence electrons. The van der Waals surface area contributed by atoms with Crippen molar-refractivity contribution in [1.82, 2.24) is 25.1 Å². The first kappa shape index (κ1) is 24.3. The fraction of sp³-hybridized carbons (Fsp3) is 0.105. The molecule has 0 saturated heterocycles. The summed E-state index contributed by atoms with van der Waals surface area (Å²) in [6.07, 6.45) is -5.00. The van der Waals surface area contributed by atoms with Gasteiger partial charge in [-0.1, -0.05) is 23.9 Å². The molecule has 4 aromatic rings. The fourth-order valence-electron chi connectivity index (χ4n) is 2.24. The topological polar surface area (TPSA) is 66.9 Å². The van der Waals surface area contributed by atoms with Gasteiger partial charge in [-0.05, 0) is 30.3 Å². The minimum Gasteiger partial charge on any atom is -0.662 e. The van der Waals surface area contributed by atoms with E-state index in [1.54, 1.807) is 36.4 Å². The maximum atomic E-state index is 12.3. The molecule has 0 spiro atoms. The van der Waals surface area contributed by atoms with E-state index in [2.05, 4.69) is 25.1 Å². The molecule has 0 bridgehead atoms. The zero-order chi connectivity index (χ0) is 21.8. The first-order valence-electron chi connectivity index (χ1n) is 8.25. The van der Waals surface area contributed by atoms with Gasteiger partial charge in [-0.2, -0.15) is 32.5 Å². The predicted molar refractivity (Wildman–Crippen MR) is 93.8 cm³/mol. The van der Waals surface area contributed by atoms with Gasteiger partial charge < -0.3 is 15.2 Å². The Hall–Kier alpha value is -2.94. The van der Waals surface area contributed by atoms with E-state index in [1.807, 2.05) is 0 Å². The van der Waals surface area contributed by atoms with Crippen molar-refractivity contribution in [2.45, 2.75) is 12.4 Å². The van der Waals surface area contributed by atoms with Gasteiger partial charge >= 0.3 is 33.4 Å². The van der Waals surface area contributed by atoms with Crippen LogP contribution in [0.2, 0.25) is 0 Å². The Bertz CT molecular complexity index is 987. The van der Waals surface area contributed by atoms with Gasteiger partial charge in [0.2, 0.25) is 0 Å². The Morgan fingerprint density at radius 2 is 1.29 bits per heavy atom. The van der Waals surface area contributed by atoms with Gasteiger partial charge in [-0.15, -0.1) is 5.69 Å². The second-order valence-corrected chi connectivity index (χ2v) is 5.78. The number of rotatable bonds is 2. The van der Waals surface area contributed by atoms with Crippen molar-refractivity contribution >= 4 is 0 Å². The molecule has 4 aromatic heterocycles. The molecule has 0 unspecified atom stereocenters. The summed E-state index contributed by atoms with van der Waals surface area (Å²) >= 11 is 0. The van der Waals surface area contributed by atoms with Gasteiger partial charge in [-0.3, -0.25) is 9.97 Å². The molecule has 4 heterocycles. The smallest absolute Gasteiger partial charge is 0.662 e. The van der Waals surface area contributed by atoms with E-state index in [-0.39, 0.29) is 32.5 Å². The molecule has 0 amide bonds. The Kier molecular flexibility index (Phi) is 7.78. The normalized spacial score (nSPS) is 11.3. The number of hydrogen-bond donors (Lipinski definition) is 0. The third kappa shape index (κ3) is 6.52. The minimum atomic E-state index is -4.46. The van der Waals surface area contributed by atoms with Crippen molar-refractivity contribution in [1.29, 1.82) is 0 Å². The minimum absolute atomic E-state index is 0. The average Bonchev–Trinajstić information content (AvgIpc) is 3.40. The van der Waals surface area contributed by atoms with Crippen LogP contribution in [0.4, 0.5) is 26.3 Å². The van der Waals surface area contributed by atoms with E-state index in [1.165, 1.54) is 12.4 Å². The summed E-state index contributed by atoms with van der Waals surface area (Å²) < 4.78 is 73.4. The molecular formula is C19H11F6N5Pt. The molecule has 5 nitrogen and oxygen atoms in total. The van der Waals surface area contributed by atoms with Crippen LogP contribution in [-0.2, 0) is 33.4 Å². The molecule has 0 fully saturated rings. The Morgan fingerprint density at radius 3 is 1.71 bits per heavy atom. The standard InChI is InChI=1S/C10H6F3N2.C9H5F3N3.Pt/c11-10(12,13)7-5-9(15-6-7)8-3-1-2-4-14-8;10-9(11,12)8-5-7(14-15-8)6-3-1-2-4-13-6;/h1-6H;1-5H;/q2*-1;+2.